The molecule has 2 amide bonds. The van der Waals surface area contributed by atoms with Crippen LogP contribution in [0.1, 0.15) is 29.9 Å². The Balaban J connectivity index is 1.54. The van der Waals surface area contributed by atoms with E-state index in [4.69, 9.17) is 16.3 Å². The standard InChI is InChI=1S/C26H27ClN2O5/c27-17-9-5-15(6-10-17)14-29(26(33)16-7-8-16)20-13-19(25(32)28-11-12-30)22-18-3-1-2-4-21(18)34-24(22)23(20)31/h1-6,9-10,13,16,20,22-24,30-31H,7-8,11-12,14H2,(H,28,32). The van der Waals surface area contributed by atoms with Crippen LogP contribution >= 0.6 is 11.6 Å². The summed E-state index contributed by atoms with van der Waals surface area (Å²) < 4.78 is 6.13. The van der Waals surface area contributed by atoms with E-state index in [0.717, 1.165) is 24.0 Å². The van der Waals surface area contributed by atoms with Crippen molar-refractivity contribution in [1.29, 1.82) is 0 Å². The zero-order valence-electron chi connectivity index (χ0n) is 18.6. The largest absolute Gasteiger partial charge is 0.486 e. The van der Waals surface area contributed by atoms with Crippen LogP contribution in [-0.4, -0.2) is 58.3 Å². The second-order valence-electron chi connectivity index (χ2n) is 9.05. The van der Waals surface area contributed by atoms with Crippen LogP contribution in [0.5, 0.6) is 5.75 Å². The Morgan fingerprint density at radius 3 is 2.56 bits per heavy atom. The average Bonchev–Trinajstić information content (AvgIpc) is 3.62. The van der Waals surface area contributed by atoms with Gasteiger partial charge in [-0.1, -0.05) is 41.9 Å². The van der Waals surface area contributed by atoms with E-state index in [0.29, 0.717) is 16.3 Å². The van der Waals surface area contributed by atoms with E-state index in [2.05, 4.69) is 5.32 Å². The third kappa shape index (κ3) is 4.31. The molecule has 1 aliphatic heterocycles. The fourth-order valence-corrected chi connectivity index (χ4v) is 5.00. The maximum Gasteiger partial charge on any atom is 0.247 e. The van der Waals surface area contributed by atoms with Gasteiger partial charge in [-0.15, -0.1) is 0 Å². The van der Waals surface area contributed by atoms with Crippen molar-refractivity contribution in [2.75, 3.05) is 13.2 Å². The van der Waals surface area contributed by atoms with Gasteiger partial charge in [-0.2, -0.15) is 0 Å². The first-order chi connectivity index (χ1) is 16.5. The Labute approximate surface area is 203 Å². The van der Waals surface area contributed by atoms with Crippen molar-refractivity contribution in [2.45, 2.75) is 43.6 Å². The van der Waals surface area contributed by atoms with Gasteiger partial charge < -0.3 is 25.2 Å². The minimum atomic E-state index is -1.03. The molecule has 5 rings (SSSR count). The third-order valence-electron chi connectivity index (χ3n) is 6.71. The van der Waals surface area contributed by atoms with Crippen LogP contribution in [0, 0.1) is 5.92 Å². The van der Waals surface area contributed by atoms with Crippen molar-refractivity contribution in [1.82, 2.24) is 10.2 Å². The molecule has 2 aromatic rings. The van der Waals surface area contributed by atoms with Crippen LogP contribution in [0.2, 0.25) is 5.02 Å². The highest BCUT2D eigenvalue weighted by Gasteiger charge is 2.51. The normalized spacial score (nSPS) is 25.0. The van der Waals surface area contributed by atoms with Gasteiger partial charge in [0.1, 0.15) is 18.0 Å². The van der Waals surface area contributed by atoms with Gasteiger partial charge in [0.05, 0.1) is 18.6 Å². The molecule has 2 aromatic carbocycles. The Morgan fingerprint density at radius 1 is 1.12 bits per heavy atom. The van der Waals surface area contributed by atoms with Crippen molar-refractivity contribution >= 4 is 23.4 Å². The Morgan fingerprint density at radius 2 is 1.85 bits per heavy atom. The van der Waals surface area contributed by atoms with Gasteiger partial charge in [-0.3, -0.25) is 9.59 Å². The molecule has 178 valence electrons. The predicted molar refractivity (Wildman–Crippen MR) is 126 cm³/mol. The number of carbonyl (C=O) groups is 2. The van der Waals surface area contributed by atoms with Gasteiger partial charge in [0.2, 0.25) is 11.8 Å². The highest BCUT2D eigenvalue weighted by Crippen LogP contribution is 2.47. The van der Waals surface area contributed by atoms with Crippen LogP contribution in [-0.2, 0) is 16.1 Å². The second kappa shape index (κ2) is 9.41. The van der Waals surface area contributed by atoms with Gasteiger partial charge in [0, 0.05) is 35.2 Å². The number of amides is 2. The molecule has 3 N–H and O–H groups in total. The van der Waals surface area contributed by atoms with Gasteiger partial charge in [0.25, 0.3) is 0 Å². The first-order valence-electron chi connectivity index (χ1n) is 11.6. The number of hydrogen-bond acceptors (Lipinski definition) is 5. The highest BCUT2D eigenvalue weighted by molar-refractivity contribution is 6.30. The molecule has 0 radical (unpaired) electrons. The van der Waals surface area contributed by atoms with E-state index in [9.17, 15) is 19.8 Å². The zero-order valence-corrected chi connectivity index (χ0v) is 19.3. The van der Waals surface area contributed by atoms with Crippen LogP contribution in [0.25, 0.3) is 0 Å². The van der Waals surface area contributed by atoms with Gasteiger partial charge in [-0.25, -0.2) is 0 Å². The molecule has 0 spiro atoms. The van der Waals surface area contributed by atoms with Gasteiger partial charge in [-0.05, 0) is 42.7 Å². The molecule has 2 aliphatic carbocycles. The summed E-state index contributed by atoms with van der Waals surface area (Å²) >= 11 is 6.03. The fourth-order valence-electron chi connectivity index (χ4n) is 4.87. The molecule has 7 nitrogen and oxygen atoms in total. The maximum absolute atomic E-state index is 13.4. The number of aliphatic hydroxyl groups excluding tert-OH is 2. The summed E-state index contributed by atoms with van der Waals surface area (Å²) in [5.41, 5.74) is 2.14. The lowest BCUT2D eigenvalue weighted by Crippen LogP contribution is -2.55. The van der Waals surface area contributed by atoms with Crippen molar-refractivity contribution in [3.05, 3.63) is 76.3 Å². The number of benzene rings is 2. The summed E-state index contributed by atoms with van der Waals surface area (Å²) in [6, 6.07) is 13.9. The van der Waals surface area contributed by atoms with E-state index in [-0.39, 0.29) is 37.4 Å². The highest BCUT2D eigenvalue weighted by atomic mass is 35.5. The van der Waals surface area contributed by atoms with E-state index in [1.165, 1.54) is 0 Å². The van der Waals surface area contributed by atoms with Gasteiger partial charge in [0.15, 0.2) is 0 Å². The van der Waals surface area contributed by atoms with Crippen LogP contribution in [0.15, 0.2) is 60.2 Å². The van der Waals surface area contributed by atoms with Crippen molar-refractivity contribution in [3.63, 3.8) is 0 Å². The van der Waals surface area contributed by atoms with Crippen molar-refractivity contribution < 1.29 is 24.5 Å². The first-order valence-corrected chi connectivity index (χ1v) is 11.9. The fraction of sp³-hybridized carbons (Fsp3) is 0.385. The van der Waals surface area contributed by atoms with Crippen molar-refractivity contribution in [2.24, 2.45) is 5.92 Å². The smallest absolute Gasteiger partial charge is 0.247 e. The SMILES string of the molecule is O=C(NCCO)C1=CC(N(Cc2ccc(Cl)cc2)C(=O)C2CC2)C(O)C2Oc3ccccc3C12. The first kappa shape index (κ1) is 22.9. The second-order valence-corrected chi connectivity index (χ2v) is 9.48. The van der Waals surface area contributed by atoms with Crippen LogP contribution in [0.4, 0.5) is 0 Å². The van der Waals surface area contributed by atoms with E-state index >= 15 is 0 Å². The lowest BCUT2D eigenvalue weighted by Gasteiger charge is -2.41. The monoisotopic (exact) mass is 482 g/mol. The molecule has 0 bridgehead atoms. The molecule has 4 unspecified atom stereocenters. The molecule has 3 aliphatic rings. The average molecular weight is 483 g/mol. The number of hydrogen-bond donors (Lipinski definition) is 3. The molecule has 1 fully saturated rings. The lowest BCUT2D eigenvalue weighted by molar-refractivity contribution is -0.139. The number of carbonyl (C=O) groups excluding carboxylic acids is 2. The molecule has 4 atom stereocenters. The number of nitrogens with zero attached hydrogens (tertiary/aromatic N) is 1. The molecule has 34 heavy (non-hydrogen) atoms. The number of nitrogens with one attached hydrogen (secondary N) is 1. The number of para-hydroxylation sites is 1. The summed E-state index contributed by atoms with van der Waals surface area (Å²) in [6.07, 6.45) is 1.62. The quantitative estimate of drug-likeness (QED) is 0.563. The van der Waals surface area contributed by atoms with E-state index < -0.39 is 24.2 Å². The van der Waals surface area contributed by atoms with Crippen LogP contribution < -0.4 is 10.1 Å². The number of ether oxygens (including phenoxy) is 1. The summed E-state index contributed by atoms with van der Waals surface area (Å²) in [7, 11) is 0. The molecule has 1 heterocycles. The summed E-state index contributed by atoms with van der Waals surface area (Å²) in [5.74, 6) is -0.296. The van der Waals surface area contributed by atoms with Crippen molar-refractivity contribution in [3.8, 4) is 5.75 Å². The zero-order chi connectivity index (χ0) is 23.8. The van der Waals surface area contributed by atoms with Crippen LogP contribution in [0.3, 0.4) is 0 Å². The molecule has 0 saturated heterocycles. The molecular weight excluding hydrogens is 456 g/mol. The number of rotatable bonds is 7. The Bertz CT molecular complexity index is 1110. The van der Waals surface area contributed by atoms with Gasteiger partial charge >= 0.3 is 0 Å². The molecule has 0 aromatic heterocycles. The Hall–Kier alpha value is -2.87. The number of aliphatic hydroxyl groups is 2. The Kier molecular flexibility index (Phi) is 6.34. The van der Waals surface area contributed by atoms with E-state index in [1.54, 1.807) is 23.1 Å². The van der Waals surface area contributed by atoms with E-state index in [1.807, 2.05) is 36.4 Å². The molecule has 1 saturated carbocycles. The summed E-state index contributed by atoms with van der Waals surface area (Å²) in [4.78, 5) is 28.2. The minimum Gasteiger partial charge on any atom is -0.486 e. The summed E-state index contributed by atoms with van der Waals surface area (Å²) in [6.45, 7) is 0.203. The summed E-state index contributed by atoms with van der Waals surface area (Å²) in [5, 5.41) is 24.0. The number of halogens is 1. The minimum absolute atomic E-state index is 0.0423. The number of fused-ring (bicyclic) bond motifs is 3. The predicted octanol–water partition coefficient (Wildman–Crippen LogP) is 2.40. The lowest BCUT2D eigenvalue weighted by atomic mass is 9.77. The molecular formula is C26H27ClN2O5. The topological polar surface area (TPSA) is 99.1 Å². The third-order valence-corrected chi connectivity index (χ3v) is 6.96. The molecule has 8 heteroatoms. The maximum atomic E-state index is 13.4.